The third kappa shape index (κ3) is 3.41. The number of methoxy groups -OCH3 is 1. The summed E-state index contributed by atoms with van der Waals surface area (Å²) >= 11 is 5.99. The highest BCUT2D eigenvalue weighted by atomic mass is 35.5. The number of ether oxygens (including phenoxy) is 2. The summed E-state index contributed by atoms with van der Waals surface area (Å²) in [6.45, 7) is 0. The maximum Gasteiger partial charge on any atom is 0.144 e. The largest absolute Gasteiger partial charge is 0.497 e. The molecule has 3 nitrogen and oxygen atoms in total. The molecule has 3 aromatic carbocycles. The van der Waals surface area contributed by atoms with Gasteiger partial charge in [-0.2, -0.15) is 5.26 Å². The van der Waals surface area contributed by atoms with Gasteiger partial charge in [-0.1, -0.05) is 66.2 Å². The van der Waals surface area contributed by atoms with E-state index in [9.17, 15) is 5.26 Å². The minimum absolute atomic E-state index is 0.170. The van der Waals surface area contributed by atoms with Gasteiger partial charge in [0.2, 0.25) is 0 Å². The highest BCUT2D eigenvalue weighted by Crippen LogP contribution is 2.59. The SMILES string of the molecule is COc1ccc([C@H]2O[C@]2(/C=C(\C#N)c2ccc(Cl)cc2)c2ccccc2)cc1. The Morgan fingerprint density at radius 3 is 2.32 bits per heavy atom. The van der Waals surface area contributed by atoms with E-state index in [4.69, 9.17) is 21.1 Å². The Hall–Kier alpha value is -3.06. The van der Waals surface area contributed by atoms with Crippen LogP contribution in [0.4, 0.5) is 0 Å². The Kier molecular flexibility index (Phi) is 4.92. The van der Waals surface area contributed by atoms with Crippen molar-refractivity contribution in [1.29, 1.82) is 5.26 Å². The van der Waals surface area contributed by atoms with Crippen LogP contribution < -0.4 is 4.74 Å². The molecular formula is C24H18ClNO2. The summed E-state index contributed by atoms with van der Waals surface area (Å²) in [6.07, 6.45) is 1.75. The number of halogens is 1. The van der Waals surface area contributed by atoms with Crippen molar-refractivity contribution in [2.24, 2.45) is 0 Å². The number of nitrogens with zero attached hydrogens (tertiary/aromatic N) is 1. The van der Waals surface area contributed by atoms with Crippen LogP contribution in [0.2, 0.25) is 5.02 Å². The third-order valence-corrected chi connectivity index (χ3v) is 5.18. The van der Waals surface area contributed by atoms with E-state index in [0.717, 1.165) is 22.4 Å². The van der Waals surface area contributed by atoms with Crippen molar-refractivity contribution in [2.45, 2.75) is 11.7 Å². The molecule has 1 heterocycles. The topological polar surface area (TPSA) is 45.5 Å². The Morgan fingerprint density at radius 2 is 1.71 bits per heavy atom. The molecule has 28 heavy (non-hydrogen) atoms. The number of epoxide rings is 1. The van der Waals surface area contributed by atoms with Gasteiger partial charge in [0.1, 0.15) is 17.5 Å². The summed E-state index contributed by atoms with van der Waals surface area (Å²) in [7, 11) is 1.64. The van der Waals surface area contributed by atoms with Crippen LogP contribution in [-0.4, -0.2) is 7.11 Å². The zero-order valence-corrected chi connectivity index (χ0v) is 16.1. The molecule has 0 aliphatic carbocycles. The van der Waals surface area contributed by atoms with Gasteiger partial charge in [0.25, 0.3) is 0 Å². The monoisotopic (exact) mass is 387 g/mol. The maximum absolute atomic E-state index is 9.79. The molecule has 0 bridgehead atoms. The Morgan fingerprint density at radius 1 is 1.04 bits per heavy atom. The molecule has 4 heteroatoms. The molecule has 3 aromatic rings. The van der Waals surface area contributed by atoms with Crippen LogP contribution in [0.25, 0.3) is 5.57 Å². The summed E-state index contributed by atoms with van der Waals surface area (Å²) in [6, 6.07) is 27.4. The molecule has 1 saturated heterocycles. The lowest BCUT2D eigenvalue weighted by Crippen LogP contribution is -2.07. The third-order valence-electron chi connectivity index (χ3n) is 4.92. The fraction of sp³-hybridized carbons (Fsp3) is 0.125. The lowest BCUT2D eigenvalue weighted by molar-refractivity contribution is 0.335. The Labute approximate surface area is 169 Å². The van der Waals surface area contributed by atoms with Gasteiger partial charge in [-0.25, -0.2) is 0 Å². The lowest BCUT2D eigenvalue weighted by atomic mass is 9.88. The van der Waals surface area contributed by atoms with Crippen molar-refractivity contribution >= 4 is 17.2 Å². The molecule has 0 N–H and O–H groups in total. The predicted molar refractivity (Wildman–Crippen MR) is 110 cm³/mol. The highest BCUT2D eigenvalue weighted by molar-refractivity contribution is 6.30. The Balaban J connectivity index is 1.77. The van der Waals surface area contributed by atoms with Crippen molar-refractivity contribution < 1.29 is 9.47 Å². The smallest absolute Gasteiger partial charge is 0.144 e. The maximum atomic E-state index is 9.79. The van der Waals surface area contributed by atoms with Crippen molar-refractivity contribution in [3.05, 3.63) is 107 Å². The zero-order valence-electron chi connectivity index (χ0n) is 15.3. The van der Waals surface area contributed by atoms with E-state index in [1.807, 2.05) is 72.8 Å². The molecule has 0 unspecified atom stereocenters. The number of allylic oxidation sites excluding steroid dienone is 1. The predicted octanol–water partition coefficient (Wildman–Crippen LogP) is 5.92. The quantitative estimate of drug-likeness (QED) is 0.403. The molecule has 0 radical (unpaired) electrons. The van der Waals surface area contributed by atoms with Crippen molar-refractivity contribution in [1.82, 2.24) is 0 Å². The van der Waals surface area contributed by atoms with Gasteiger partial charge >= 0.3 is 0 Å². The first-order chi connectivity index (χ1) is 13.7. The number of nitriles is 1. The van der Waals surface area contributed by atoms with E-state index < -0.39 is 5.60 Å². The summed E-state index contributed by atoms with van der Waals surface area (Å²) in [4.78, 5) is 0. The average Bonchev–Trinajstić information content (AvgIpc) is 3.49. The number of hydrogen-bond donors (Lipinski definition) is 0. The van der Waals surface area contributed by atoms with Crippen LogP contribution in [-0.2, 0) is 10.3 Å². The minimum atomic E-state index is -0.680. The van der Waals surface area contributed by atoms with Gasteiger partial charge in [0.05, 0.1) is 18.8 Å². The molecule has 1 fully saturated rings. The first-order valence-corrected chi connectivity index (χ1v) is 9.30. The van der Waals surface area contributed by atoms with E-state index in [-0.39, 0.29) is 6.10 Å². The molecule has 0 aromatic heterocycles. The van der Waals surface area contributed by atoms with Crippen LogP contribution in [0.15, 0.2) is 84.9 Å². The number of hydrogen-bond acceptors (Lipinski definition) is 3. The van der Waals surface area contributed by atoms with E-state index in [0.29, 0.717) is 10.6 Å². The average molecular weight is 388 g/mol. The second kappa shape index (κ2) is 7.52. The first-order valence-electron chi connectivity index (χ1n) is 8.92. The second-order valence-corrected chi connectivity index (χ2v) is 7.04. The zero-order chi connectivity index (χ0) is 19.6. The molecule has 1 aliphatic heterocycles. The Bertz CT molecular complexity index is 1040. The molecule has 1 aliphatic rings. The van der Waals surface area contributed by atoms with Gasteiger partial charge in [0.15, 0.2) is 0 Å². The molecule has 0 saturated carbocycles. The normalized spacial score (nSPS) is 21.0. The van der Waals surface area contributed by atoms with Crippen LogP contribution in [0.1, 0.15) is 22.8 Å². The van der Waals surface area contributed by atoms with Crippen molar-refractivity contribution in [3.63, 3.8) is 0 Å². The summed E-state index contributed by atoms with van der Waals surface area (Å²) in [5, 5.41) is 10.4. The van der Waals surface area contributed by atoms with Crippen LogP contribution >= 0.6 is 11.6 Å². The van der Waals surface area contributed by atoms with Crippen LogP contribution in [0, 0.1) is 11.3 Å². The standard InChI is InChI=1S/C24H18ClNO2/c1-27-22-13-9-18(10-14-22)23-24(28-23,20-5-3-2-4-6-20)15-19(16-26)17-7-11-21(25)12-8-17/h2-15,23H,1H3/b19-15+/t23-,24-/m1/s1. The summed E-state index contributed by atoms with van der Waals surface area (Å²) < 4.78 is 11.5. The van der Waals surface area contributed by atoms with Crippen molar-refractivity contribution in [2.75, 3.05) is 7.11 Å². The summed E-state index contributed by atoms with van der Waals surface area (Å²) in [5.74, 6) is 0.795. The van der Waals surface area contributed by atoms with E-state index in [1.165, 1.54) is 0 Å². The van der Waals surface area contributed by atoms with Crippen LogP contribution in [0.5, 0.6) is 5.75 Å². The fourth-order valence-corrected chi connectivity index (χ4v) is 3.52. The molecule has 2 atom stereocenters. The van der Waals surface area contributed by atoms with Gasteiger partial charge in [-0.15, -0.1) is 0 Å². The lowest BCUT2D eigenvalue weighted by Gasteiger charge is -2.11. The highest BCUT2D eigenvalue weighted by Gasteiger charge is 2.57. The molecule has 0 amide bonds. The van der Waals surface area contributed by atoms with Crippen LogP contribution in [0.3, 0.4) is 0 Å². The van der Waals surface area contributed by atoms with Gasteiger partial charge in [0, 0.05) is 5.02 Å². The first kappa shape index (κ1) is 18.3. The molecule has 0 spiro atoms. The number of rotatable bonds is 5. The second-order valence-electron chi connectivity index (χ2n) is 6.61. The van der Waals surface area contributed by atoms with Crippen molar-refractivity contribution in [3.8, 4) is 11.8 Å². The van der Waals surface area contributed by atoms with E-state index in [1.54, 1.807) is 19.2 Å². The van der Waals surface area contributed by atoms with E-state index in [2.05, 4.69) is 6.07 Å². The van der Waals surface area contributed by atoms with E-state index >= 15 is 0 Å². The molecule has 138 valence electrons. The fourth-order valence-electron chi connectivity index (χ4n) is 3.39. The molecule has 4 rings (SSSR count). The minimum Gasteiger partial charge on any atom is -0.497 e. The van der Waals surface area contributed by atoms with Gasteiger partial charge in [-0.05, 0) is 47.0 Å². The van der Waals surface area contributed by atoms with Gasteiger partial charge in [-0.3, -0.25) is 0 Å². The molecular weight excluding hydrogens is 370 g/mol. The number of benzene rings is 3. The van der Waals surface area contributed by atoms with Gasteiger partial charge < -0.3 is 9.47 Å². The summed E-state index contributed by atoms with van der Waals surface area (Å²) in [5.41, 5.74) is 2.73.